The van der Waals surface area contributed by atoms with Crippen LogP contribution in [0.2, 0.25) is 0 Å². The topological polar surface area (TPSA) is 280 Å². The number of aromatic nitrogens is 3. The molecule has 0 aliphatic rings. The van der Waals surface area contributed by atoms with E-state index in [0.717, 1.165) is 29.4 Å². The highest BCUT2D eigenvalue weighted by Gasteiger charge is 2.21. The fourth-order valence-corrected chi connectivity index (χ4v) is 3.99. The quantitative estimate of drug-likeness (QED) is 0.0409. The van der Waals surface area contributed by atoms with Gasteiger partial charge in [-0.3, -0.25) is 14.1 Å². The van der Waals surface area contributed by atoms with Gasteiger partial charge < -0.3 is 25.7 Å². The third-order valence-corrected chi connectivity index (χ3v) is 6.22. The fraction of sp³-hybridized carbons (Fsp3) is 0.312. The molecule has 0 aliphatic carbocycles. The zero-order valence-corrected chi connectivity index (χ0v) is 21.6. The Labute approximate surface area is 219 Å². The standard InChI is InChI=1S/C16H21N7O12S3/c1-37(29,30)18-5-4-17-14-20-15(22-16(21-14)23(7-12(24)25)8-13(26)27)19-10-6-9(38(31,32)33)2-3-11(10)36-35-34-28/h2-3,6,18,28H,4-5,7-8H2,1H3,(H,24,25)(H,26,27)(H,31,32,33)(H2,17,19,20,21,22). The van der Waals surface area contributed by atoms with Crippen molar-refractivity contribution in [3.63, 3.8) is 0 Å². The lowest BCUT2D eigenvalue weighted by molar-refractivity contribution is -0.432. The van der Waals surface area contributed by atoms with Gasteiger partial charge in [0.2, 0.25) is 27.9 Å². The number of hydrogen-bond donors (Lipinski definition) is 7. The Morgan fingerprint density at radius 2 is 1.66 bits per heavy atom. The summed E-state index contributed by atoms with van der Waals surface area (Å²) in [5.74, 6) is -3.86. The highest BCUT2D eigenvalue weighted by Crippen LogP contribution is 2.32. The van der Waals surface area contributed by atoms with Crippen LogP contribution < -0.4 is 20.3 Å². The van der Waals surface area contributed by atoms with Crippen molar-refractivity contribution < 1.29 is 55.8 Å². The molecule has 1 heterocycles. The van der Waals surface area contributed by atoms with E-state index in [1.165, 1.54) is 0 Å². The van der Waals surface area contributed by atoms with Gasteiger partial charge in [-0.05, 0) is 18.2 Å². The van der Waals surface area contributed by atoms with Crippen LogP contribution in [0.3, 0.4) is 0 Å². The van der Waals surface area contributed by atoms with Crippen molar-refractivity contribution in [3.8, 4) is 0 Å². The van der Waals surface area contributed by atoms with Gasteiger partial charge >= 0.3 is 11.9 Å². The van der Waals surface area contributed by atoms with Crippen LogP contribution in [-0.2, 0) is 39.1 Å². The molecule has 22 heteroatoms. The third-order valence-electron chi connectivity index (χ3n) is 3.98. The van der Waals surface area contributed by atoms with E-state index < -0.39 is 56.0 Å². The minimum Gasteiger partial charge on any atom is -0.480 e. The van der Waals surface area contributed by atoms with Crippen LogP contribution >= 0.6 is 12.0 Å². The molecule has 0 amide bonds. The van der Waals surface area contributed by atoms with Crippen LogP contribution in [0.4, 0.5) is 23.5 Å². The Balaban J connectivity index is 2.52. The molecule has 0 spiro atoms. The highest BCUT2D eigenvalue weighted by molar-refractivity contribution is 7.94. The van der Waals surface area contributed by atoms with E-state index >= 15 is 0 Å². The first-order valence-corrected chi connectivity index (χ1v) is 13.9. The molecule has 7 N–H and O–H groups in total. The van der Waals surface area contributed by atoms with E-state index in [9.17, 15) is 41.2 Å². The lowest BCUT2D eigenvalue weighted by atomic mass is 10.3. The molecule has 210 valence electrons. The van der Waals surface area contributed by atoms with Crippen molar-refractivity contribution in [1.82, 2.24) is 19.7 Å². The van der Waals surface area contributed by atoms with Crippen LogP contribution in [0, 0.1) is 0 Å². The van der Waals surface area contributed by atoms with Crippen molar-refractivity contribution in [2.24, 2.45) is 0 Å². The summed E-state index contributed by atoms with van der Waals surface area (Å²) >= 11 is 0.407. The summed E-state index contributed by atoms with van der Waals surface area (Å²) in [7, 11) is -8.18. The lowest BCUT2D eigenvalue weighted by Gasteiger charge is -2.20. The van der Waals surface area contributed by atoms with Gasteiger partial charge in [-0.2, -0.15) is 23.4 Å². The van der Waals surface area contributed by atoms with Gasteiger partial charge in [-0.1, -0.05) is 5.04 Å². The van der Waals surface area contributed by atoms with Crippen molar-refractivity contribution in [2.45, 2.75) is 9.79 Å². The minimum absolute atomic E-state index is 0.0607. The van der Waals surface area contributed by atoms with Crippen molar-refractivity contribution in [3.05, 3.63) is 18.2 Å². The second-order valence-electron chi connectivity index (χ2n) is 7.00. The van der Waals surface area contributed by atoms with Crippen LogP contribution in [-0.4, -0.2) is 96.2 Å². The number of hydrogen-bond acceptors (Lipinski definition) is 16. The first-order valence-electron chi connectivity index (χ1n) is 9.84. The van der Waals surface area contributed by atoms with Crippen molar-refractivity contribution in [1.29, 1.82) is 0 Å². The molecular weight excluding hydrogens is 578 g/mol. The lowest BCUT2D eigenvalue weighted by Crippen LogP contribution is -2.36. The smallest absolute Gasteiger partial charge is 0.323 e. The van der Waals surface area contributed by atoms with E-state index in [1.807, 2.05) is 0 Å². The molecule has 2 aromatic rings. The van der Waals surface area contributed by atoms with E-state index in [4.69, 9.17) is 5.26 Å². The van der Waals surface area contributed by atoms with Gasteiger partial charge in [0.15, 0.2) is 0 Å². The summed E-state index contributed by atoms with van der Waals surface area (Å²) < 4.78 is 61.6. The second kappa shape index (κ2) is 13.4. The monoisotopic (exact) mass is 599 g/mol. The number of rotatable bonds is 16. The molecule has 19 nitrogen and oxygen atoms in total. The zero-order valence-electron chi connectivity index (χ0n) is 19.1. The molecule has 0 radical (unpaired) electrons. The number of carboxylic acid groups (broad SMARTS) is 2. The van der Waals surface area contributed by atoms with Gasteiger partial charge in [-0.15, -0.1) is 4.33 Å². The normalized spacial score (nSPS) is 11.7. The molecular formula is C16H21N7O12S3. The summed E-state index contributed by atoms with van der Waals surface area (Å²) in [5, 5.41) is 35.6. The maximum atomic E-state index is 11.6. The van der Waals surface area contributed by atoms with Crippen LogP contribution in [0.15, 0.2) is 28.0 Å². The van der Waals surface area contributed by atoms with Crippen molar-refractivity contribution >= 4 is 67.7 Å². The number of benzene rings is 1. The average molecular weight is 600 g/mol. The fourth-order valence-electron chi connectivity index (χ4n) is 2.59. The molecule has 0 bridgehead atoms. The van der Waals surface area contributed by atoms with Gasteiger partial charge in [0, 0.05) is 13.1 Å². The Morgan fingerprint density at radius 3 is 2.21 bits per heavy atom. The van der Waals surface area contributed by atoms with E-state index in [-0.39, 0.29) is 35.6 Å². The number of sulfonamides is 1. The maximum Gasteiger partial charge on any atom is 0.323 e. The SMILES string of the molecule is CS(=O)(=O)NCCNc1nc(Nc2cc(S(=O)(=O)O)ccc2SOOO)nc(N(CC(=O)O)CC(=O)O)n1. The van der Waals surface area contributed by atoms with Gasteiger partial charge in [0.05, 0.1) is 33.8 Å². The predicted molar refractivity (Wildman–Crippen MR) is 129 cm³/mol. The van der Waals surface area contributed by atoms with Gasteiger partial charge in [0.1, 0.15) is 13.1 Å². The minimum atomic E-state index is -4.67. The molecule has 0 atom stereocenters. The van der Waals surface area contributed by atoms with Crippen LogP contribution in [0.5, 0.6) is 0 Å². The maximum absolute atomic E-state index is 11.6. The van der Waals surface area contributed by atoms with Crippen LogP contribution in [0.25, 0.3) is 0 Å². The number of anilines is 4. The third kappa shape index (κ3) is 10.5. The average Bonchev–Trinajstić information content (AvgIpc) is 2.78. The van der Waals surface area contributed by atoms with Gasteiger partial charge in [-0.25, -0.2) is 18.4 Å². The molecule has 1 aromatic heterocycles. The van der Waals surface area contributed by atoms with Crippen LogP contribution in [0.1, 0.15) is 0 Å². The van der Waals surface area contributed by atoms with E-state index in [2.05, 4.69) is 39.7 Å². The van der Waals surface area contributed by atoms with Gasteiger partial charge in [0.25, 0.3) is 10.1 Å². The summed E-state index contributed by atoms with van der Waals surface area (Å²) in [5.41, 5.74) is -0.118. The molecule has 2 rings (SSSR count). The summed E-state index contributed by atoms with van der Waals surface area (Å²) in [4.78, 5) is 34.8. The van der Waals surface area contributed by atoms with E-state index in [1.54, 1.807) is 0 Å². The molecule has 0 saturated heterocycles. The molecule has 1 aromatic carbocycles. The Hall–Kier alpha value is -3.38. The number of nitrogens with zero attached hydrogens (tertiary/aromatic N) is 4. The molecule has 0 unspecified atom stereocenters. The zero-order chi connectivity index (χ0) is 28.5. The predicted octanol–water partition coefficient (Wildman–Crippen LogP) is -0.773. The number of carboxylic acids is 2. The Bertz CT molecular complexity index is 1360. The number of aliphatic carboxylic acids is 2. The molecule has 0 aliphatic heterocycles. The van der Waals surface area contributed by atoms with Crippen molar-refractivity contribution in [2.75, 3.05) is 48.0 Å². The highest BCUT2D eigenvalue weighted by atomic mass is 32.2. The summed E-state index contributed by atoms with van der Waals surface area (Å²) in [6.07, 6.45) is 0.938. The van der Waals surface area contributed by atoms with E-state index in [0.29, 0.717) is 12.0 Å². The summed E-state index contributed by atoms with van der Waals surface area (Å²) in [6.45, 7) is -1.82. The largest absolute Gasteiger partial charge is 0.480 e. The summed E-state index contributed by atoms with van der Waals surface area (Å²) in [6, 6.07) is 3.11. The Kier molecular flexibility index (Phi) is 10.9. The molecule has 0 saturated carbocycles. The second-order valence-corrected chi connectivity index (χ2v) is 11.0. The number of carbonyl (C=O) groups is 2. The first-order chi connectivity index (χ1) is 17.7. The molecule has 38 heavy (non-hydrogen) atoms. The number of nitrogens with one attached hydrogen (secondary N) is 3. The Morgan fingerprint density at radius 1 is 1.03 bits per heavy atom. The first kappa shape index (κ1) is 30.8. The molecule has 0 fully saturated rings.